The van der Waals surface area contributed by atoms with Gasteiger partial charge >= 0.3 is 6.09 Å². The number of ether oxygens (including phenoxy) is 1. The molecule has 198 valence electrons. The molecule has 9 heteroatoms. The number of fused-ring (bicyclic) bond motifs is 1. The molecular formula is C28H37FN6O2. The van der Waals surface area contributed by atoms with Crippen LogP contribution in [0.1, 0.15) is 59.3 Å². The first-order valence-electron chi connectivity index (χ1n) is 13.4. The number of benzene rings is 1. The van der Waals surface area contributed by atoms with Gasteiger partial charge in [0, 0.05) is 49.3 Å². The highest BCUT2D eigenvalue weighted by molar-refractivity contribution is 5.69. The minimum absolute atomic E-state index is 0.165. The summed E-state index contributed by atoms with van der Waals surface area (Å²) >= 11 is 0. The van der Waals surface area contributed by atoms with Gasteiger partial charge in [-0.2, -0.15) is 0 Å². The third kappa shape index (κ3) is 6.32. The zero-order valence-electron chi connectivity index (χ0n) is 22.0. The molecule has 2 aromatic heterocycles. The molecule has 2 fully saturated rings. The molecule has 0 bridgehead atoms. The maximum absolute atomic E-state index is 14.7. The normalized spacial score (nSPS) is 20.3. The van der Waals surface area contributed by atoms with E-state index >= 15 is 0 Å². The Labute approximate surface area is 217 Å². The highest BCUT2D eigenvalue weighted by Crippen LogP contribution is 2.30. The van der Waals surface area contributed by atoms with Gasteiger partial charge in [-0.05, 0) is 83.4 Å². The first kappa shape index (κ1) is 25.3. The molecule has 1 aliphatic heterocycles. The fraction of sp³-hybridized carbons (Fsp3) is 0.536. The van der Waals surface area contributed by atoms with Crippen molar-refractivity contribution in [2.45, 2.75) is 70.9 Å². The minimum Gasteiger partial charge on any atom is -0.444 e. The predicted molar refractivity (Wildman–Crippen MR) is 143 cm³/mol. The van der Waals surface area contributed by atoms with Crippen LogP contribution in [0.3, 0.4) is 0 Å². The number of nitrogens with zero attached hydrogens (tertiary/aromatic N) is 4. The smallest absolute Gasteiger partial charge is 0.407 e. The molecule has 1 aliphatic carbocycles. The fourth-order valence-corrected chi connectivity index (χ4v) is 5.23. The molecule has 1 amide bonds. The second-order valence-electron chi connectivity index (χ2n) is 11.3. The summed E-state index contributed by atoms with van der Waals surface area (Å²) in [6, 6.07) is 5.44. The van der Waals surface area contributed by atoms with Crippen molar-refractivity contribution in [3.8, 4) is 11.3 Å². The number of carbonyl (C=O) groups is 1. The number of rotatable bonds is 6. The summed E-state index contributed by atoms with van der Waals surface area (Å²) in [5, 5.41) is 6.49. The first-order valence-corrected chi connectivity index (χ1v) is 13.4. The number of halogens is 1. The van der Waals surface area contributed by atoms with Crippen molar-refractivity contribution in [3.63, 3.8) is 0 Å². The van der Waals surface area contributed by atoms with Crippen LogP contribution in [0.5, 0.6) is 0 Å². The topological polar surface area (TPSA) is 83.8 Å². The van der Waals surface area contributed by atoms with Crippen LogP contribution in [0.25, 0.3) is 17.0 Å². The van der Waals surface area contributed by atoms with Gasteiger partial charge in [-0.1, -0.05) is 0 Å². The average Bonchev–Trinajstić information content (AvgIpc) is 3.53. The van der Waals surface area contributed by atoms with Crippen LogP contribution in [0.4, 0.5) is 20.6 Å². The molecule has 1 saturated carbocycles. The molecule has 0 atom stereocenters. The fourth-order valence-electron chi connectivity index (χ4n) is 5.23. The molecule has 8 nitrogen and oxygen atoms in total. The van der Waals surface area contributed by atoms with Crippen molar-refractivity contribution in [1.82, 2.24) is 19.7 Å². The van der Waals surface area contributed by atoms with Crippen molar-refractivity contribution in [1.29, 1.82) is 0 Å². The minimum atomic E-state index is -0.484. The van der Waals surface area contributed by atoms with Crippen LogP contribution in [-0.2, 0) is 4.74 Å². The van der Waals surface area contributed by atoms with E-state index in [1.54, 1.807) is 6.20 Å². The largest absolute Gasteiger partial charge is 0.444 e. The Morgan fingerprint density at radius 3 is 2.62 bits per heavy atom. The highest BCUT2D eigenvalue weighted by Gasteiger charge is 2.25. The second kappa shape index (κ2) is 10.6. The van der Waals surface area contributed by atoms with E-state index in [-0.39, 0.29) is 18.0 Å². The average molecular weight is 509 g/mol. The zero-order chi connectivity index (χ0) is 26.0. The predicted octanol–water partition coefficient (Wildman–Crippen LogP) is 5.63. The van der Waals surface area contributed by atoms with Crippen LogP contribution in [0.2, 0.25) is 0 Å². The van der Waals surface area contributed by atoms with Gasteiger partial charge in [0.05, 0.1) is 17.6 Å². The molecule has 2 N–H and O–H groups in total. The lowest BCUT2D eigenvalue weighted by Crippen LogP contribution is -2.41. The van der Waals surface area contributed by atoms with E-state index in [4.69, 9.17) is 4.74 Å². The van der Waals surface area contributed by atoms with Crippen molar-refractivity contribution in [3.05, 3.63) is 42.6 Å². The van der Waals surface area contributed by atoms with Crippen LogP contribution in [0.15, 0.2) is 36.8 Å². The number of nitrogens with one attached hydrogen (secondary N) is 2. The number of hydrogen-bond donors (Lipinski definition) is 2. The molecule has 3 aromatic rings. The van der Waals surface area contributed by atoms with Gasteiger partial charge < -0.3 is 20.3 Å². The van der Waals surface area contributed by atoms with Gasteiger partial charge in [0.15, 0.2) is 0 Å². The van der Waals surface area contributed by atoms with Gasteiger partial charge in [0.2, 0.25) is 5.78 Å². The SMILES string of the molecule is CC(C)(C)OC(=O)NC1CCC(CNc2cnc3nc(-c4cc(N5CCCC5)ccc4F)cn3c2)CC1. The number of anilines is 2. The summed E-state index contributed by atoms with van der Waals surface area (Å²) in [5.41, 5.74) is 2.54. The van der Waals surface area contributed by atoms with E-state index in [0.717, 1.165) is 56.7 Å². The molecule has 0 radical (unpaired) electrons. The van der Waals surface area contributed by atoms with Crippen molar-refractivity contribution < 1.29 is 13.9 Å². The molecule has 1 saturated heterocycles. The summed E-state index contributed by atoms with van der Waals surface area (Å²) in [7, 11) is 0. The Morgan fingerprint density at radius 1 is 1.14 bits per heavy atom. The third-order valence-electron chi connectivity index (χ3n) is 7.17. The summed E-state index contributed by atoms with van der Waals surface area (Å²) in [5.74, 6) is 0.787. The number of amides is 1. The summed E-state index contributed by atoms with van der Waals surface area (Å²) in [6.45, 7) is 8.47. The molecule has 0 unspecified atom stereocenters. The molecule has 2 aliphatic rings. The van der Waals surface area contributed by atoms with Crippen LogP contribution in [-0.4, -0.2) is 51.7 Å². The number of aromatic nitrogens is 3. The number of alkyl carbamates (subject to hydrolysis) is 1. The highest BCUT2D eigenvalue weighted by atomic mass is 19.1. The standard InChI is InChI=1S/C28H37FN6O2/c1-28(2,3)37-27(36)32-20-8-6-19(7-9-20)15-30-21-16-31-26-33-25(18-35(26)17-21)23-14-22(10-11-24(23)29)34-12-4-5-13-34/h10-11,14,16-20,30H,4-9,12-13,15H2,1-3H3,(H,32,36). The lowest BCUT2D eigenvalue weighted by molar-refractivity contribution is 0.0488. The van der Waals surface area contributed by atoms with E-state index in [1.165, 1.54) is 18.9 Å². The monoisotopic (exact) mass is 508 g/mol. The summed E-state index contributed by atoms with van der Waals surface area (Å²) in [4.78, 5) is 23.4. The zero-order valence-corrected chi connectivity index (χ0v) is 22.0. The molecular weight excluding hydrogens is 471 g/mol. The molecule has 0 spiro atoms. The lowest BCUT2D eigenvalue weighted by atomic mass is 9.86. The molecule has 3 heterocycles. The van der Waals surface area contributed by atoms with Gasteiger partial charge in [-0.15, -0.1) is 0 Å². The van der Waals surface area contributed by atoms with Gasteiger partial charge in [0.1, 0.15) is 11.4 Å². The van der Waals surface area contributed by atoms with Gasteiger partial charge in [-0.3, -0.25) is 4.40 Å². The van der Waals surface area contributed by atoms with E-state index in [1.807, 2.05) is 49.7 Å². The van der Waals surface area contributed by atoms with E-state index in [9.17, 15) is 9.18 Å². The molecule has 1 aromatic carbocycles. The maximum atomic E-state index is 14.7. The Kier molecular flexibility index (Phi) is 7.22. The van der Waals surface area contributed by atoms with Crippen LogP contribution >= 0.6 is 0 Å². The maximum Gasteiger partial charge on any atom is 0.407 e. The van der Waals surface area contributed by atoms with Gasteiger partial charge in [0.25, 0.3) is 0 Å². The van der Waals surface area contributed by atoms with Crippen molar-refractivity contribution in [2.75, 3.05) is 29.9 Å². The Morgan fingerprint density at radius 2 is 1.89 bits per heavy atom. The molecule has 5 rings (SSSR count). The summed E-state index contributed by atoms with van der Waals surface area (Å²) in [6.07, 6.45) is 11.5. The summed E-state index contributed by atoms with van der Waals surface area (Å²) < 4.78 is 21.9. The number of hydrogen-bond acceptors (Lipinski definition) is 6. The van der Waals surface area contributed by atoms with Crippen molar-refractivity contribution >= 4 is 23.2 Å². The van der Waals surface area contributed by atoms with Crippen LogP contribution < -0.4 is 15.5 Å². The van der Waals surface area contributed by atoms with E-state index in [0.29, 0.717) is 23.0 Å². The number of imidazole rings is 1. The first-order chi connectivity index (χ1) is 17.7. The second-order valence-corrected chi connectivity index (χ2v) is 11.3. The Hall–Kier alpha value is -3.36. The Balaban J connectivity index is 1.17. The lowest BCUT2D eigenvalue weighted by Gasteiger charge is -2.30. The number of carbonyl (C=O) groups excluding carboxylic acids is 1. The van der Waals surface area contributed by atoms with Crippen LogP contribution in [0, 0.1) is 11.7 Å². The van der Waals surface area contributed by atoms with Crippen molar-refractivity contribution in [2.24, 2.45) is 5.92 Å². The van der Waals surface area contributed by atoms with E-state index in [2.05, 4.69) is 25.5 Å². The van der Waals surface area contributed by atoms with Gasteiger partial charge in [-0.25, -0.2) is 19.2 Å². The molecule has 37 heavy (non-hydrogen) atoms. The quantitative estimate of drug-likeness (QED) is 0.449. The van der Waals surface area contributed by atoms with E-state index < -0.39 is 5.60 Å². The Bertz CT molecular complexity index is 1240. The third-order valence-corrected chi connectivity index (χ3v) is 7.17.